The summed E-state index contributed by atoms with van der Waals surface area (Å²) in [5.74, 6) is 0. The van der Waals surface area contributed by atoms with Crippen molar-refractivity contribution in [2.75, 3.05) is 0 Å². The Morgan fingerprint density at radius 1 is 1.75 bits per heavy atom. The van der Waals surface area contributed by atoms with Crippen LogP contribution in [0.4, 0.5) is 0 Å². The quantitative estimate of drug-likeness (QED) is 0.202. The molecule has 0 aliphatic rings. The molecule has 0 fully saturated rings. The Hall–Kier alpha value is 2.19. The van der Waals surface area contributed by atoms with Crippen molar-refractivity contribution in [1.82, 2.24) is 0 Å². The molecule has 0 aromatic rings. The first kappa shape index (κ1) is 16.6. The van der Waals surface area contributed by atoms with Crippen LogP contribution in [0.15, 0.2) is 0 Å². The number of rotatable bonds is 0. The first-order chi connectivity index (χ1) is 3.15. The van der Waals surface area contributed by atoms with Gasteiger partial charge in [-0.2, -0.15) is 4.70 Å². The Morgan fingerprint density at radius 2 is 1.75 bits per heavy atom. The topological polar surface area (TPSA) is 26.0 Å². The summed E-state index contributed by atoms with van der Waals surface area (Å²) >= 11 is 15.8. The van der Waals surface area contributed by atoms with Crippen molar-refractivity contribution < 1.29 is 51.4 Å². The Kier molecular flexibility index (Phi) is 33.5. The zero-order valence-corrected chi connectivity index (χ0v) is 10.8. The fraction of sp³-hybridized carbons (Fsp3) is 0. The zero-order valence-electron chi connectivity index (χ0n) is 4.33. The third kappa shape index (κ3) is 88.4. The van der Waals surface area contributed by atoms with Gasteiger partial charge in [0, 0.05) is 0 Å². The second-order valence-electron chi connectivity index (χ2n) is 0.434. The van der Waals surface area contributed by atoms with Crippen LogP contribution < -0.4 is 57.1 Å². The molecule has 42 valence electrons. The van der Waals surface area contributed by atoms with Gasteiger partial charge in [-0.15, -0.1) is 12.6 Å². The first-order valence-corrected chi connectivity index (χ1v) is 2.99. The van der Waals surface area contributed by atoms with Gasteiger partial charge in [0.05, 0.1) is 0 Å². The zero-order chi connectivity index (χ0) is 6.28. The van der Waals surface area contributed by atoms with E-state index in [1.54, 1.807) is 0 Å². The van der Waals surface area contributed by atoms with Crippen LogP contribution in [0.3, 0.4) is 0 Å². The summed E-state index contributed by atoms with van der Waals surface area (Å²) in [6.07, 6.45) is 0. The van der Waals surface area contributed by atoms with Gasteiger partial charge in [0.1, 0.15) is 4.32 Å². The van der Waals surface area contributed by atoms with Crippen LogP contribution in [0.2, 0.25) is 0 Å². The summed E-state index contributed by atoms with van der Waals surface area (Å²) in [6, 6.07) is 0. The van der Waals surface area contributed by atoms with E-state index in [0.29, 0.717) is 0 Å². The average molecular weight is 209 g/mol. The van der Waals surface area contributed by atoms with E-state index in [-0.39, 0.29) is 55.7 Å². The third-order valence-corrected chi connectivity index (χ3v) is 0. The van der Waals surface area contributed by atoms with Gasteiger partial charge in [-0.25, -0.2) is 0 Å². The standard InChI is InChI=1S/CH3NS2.CH2S2.K/c2-1(3)4;2-1-3;/h(H3,2,3,4);1H,(H,2,3);/q;;+1/p-1. The Bertz CT molecular complexity index is 61.1. The van der Waals surface area contributed by atoms with Crippen LogP contribution in [0, 0.1) is 0 Å². The van der Waals surface area contributed by atoms with Crippen LogP contribution in [0.5, 0.6) is 0 Å². The Balaban J connectivity index is -0.0000000575. The monoisotopic (exact) mass is 209 g/mol. The van der Waals surface area contributed by atoms with Crippen molar-refractivity contribution in [3.05, 3.63) is 0 Å². The van der Waals surface area contributed by atoms with E-state index in [2.05, 4.69) is 49.7 Å². The van der Waals surface area contributed by atoms with Crippen molar-refractivity contribution in [2.24, 2.45) is 5.73 Å². The predicted molar refractivity (Wildman–Crippen MR) is 46.8 cm³/mol. The van der Waals surface area contributed by atoms with Gasteiger partial charge in [0.15, 0.2) is 0 Å². The van der Waals surface area contributed by atoms with Crippen LogP contribution in [-0.4, -0.2) is 9.02 Å². The van der Waals surface area contributed by atoms with Crippen LogP contribution >= 0.6 is 37.1 Å². The number of hydrogen-bond donors (Lipinski definition) is 2. The SMILES string of the molecule is NC(=S)S.S=C[S-].[K+]. The molecule has 0 aromatic carbocycles. The van der Waals surface area contributed by atoms with Gasteiger partial charge in [-0.1, -0.05) is 12.2 Å². The maximum Gasteiger partial charge on any atom is 1.00 e. The van der Waals surface area contributed by atoms with Crippen LogP contribution in [0.25, 0.3) is 0 Å². The molecule has 0 rings (SSSR count). The van der Waals surface area contributed by atoms with Gasteiger partial charge < -0.3 is 30.6 Å². The van der Waals surface area contributed by atoms with E-state index in [1.165, 1.54) is 4.70 Å². The van der Waals surface area contributed by atoms with Gasteiger partial charge in [0.2, 0.25) is 0 Å². The van der Waals surface area contributed by atoms with Crippen molar-refractivity contribution in [2.45, 2.75) is 0 Å². The number of thiocarbonyl (C=S) groups is 2. The van der Waals surface area contributed by atoms with Crippen LogP contribution in [0.1, 0.15) is 0 Å². The second kappa shape index (κ2) is 16.1. The minimum Gasteiger partial charge on any atom is -0.436 e. The molecule has 0 aliphatic carbocycles. The van der Waals surface area contributed by atoms with Gasteiger partial charge in [-0.05, 0) is 0 Å². The summed E-state index contributed by atoms with van der Waals surface area (Å²) in [4.78, 5) is 0. The molecule has 0 saturated carbocycles. The van der Waals surface area contributed by atoms with Gasteiger partial charge in [0.25, 0.3) is 0 Å². The molecule has 0 saturated heterocycles. The van der Waals surface area contributed by atoms with E-state index < -0.39 is 0 Å². The third-order valence-electron chi connectivity index (χ3n) is 0. The summed E-state index contributed by atoms with van der Waals surface area (Å²) in [7, 11) is 0. The Labute approximate surface area is 113 Å². The molecule has 0 atom stereocenters. The Morgan fingerprint density at radius 3 is 1.75 bits per heavy atom. The number of thiol groups is 1. The van der Waals surface area contributed by atoms with Gasteiger partial charge >= 0.3 is 51.4 Å². The largest absolute Gasteiger partial charge is 1.00 e. The molecule has 1 nitrogen and oxygen atoms in total. The fourth-order valence-corrected chi connectivity index (χ4v) is 0. The average Bonchev–Trinajstić information content (AvgIpc) is 1.33. The van der Waals surface area contributed by atoms with Crippen LogP contribution in [-0.2, 0) is 12.6 Å². The number of hydrogen-bond acceptors (Lipinski definition) is 3. The minimum atomic E-state index is 0. The molecule has 2 N–H and O–H groups in total. The molecule has 0 amide bonds. The molecule has 0 bridgehead atoms. The minimum absolute atomic E-state index is 0. The molecule has 0 aliphatic heterocycles. The molecule has 0 heterocycles. The first-order valence-electron chi connectivity index (χ1n) is 1.19. The summed E-state index contributed by atoms with van der Waals surface area (Å²) in [5.41, 5.74) is 4.71. The normalized spacial score (nSPS) is 4.62. The fourth-order valence-electron chi connectivity index (χ4n) is 0. The molecule has 6 heteroatoms. The summed E-state index contributed by atoms with van der Waals surface area (Å²) < 4.78 is 1.36. The van der Waals surface area contributed by atoms with E-state index in [0.717, 1.165) is 0 Å². The molecule has 0 radical (unpaired) electrons. The van der Waals surface area contributed by atoms with Gasteiger partial charge in [-0.3, -0.25) is 0 Å². The van der Waals surface area contributed by atoms with E-state index in [4.69, 9.17) is 5.73 Å². The molecule has 0 aromatic heterocycles. The molecule has 0 unspecified atom stereocenters. The van der Waals surface area contributed by atoms with E-state index >= 15 is 0 Å². The van der Waals surface area contributed by atoms with Crippen molar-refractivity contribution in [1.29, 1.82) is 0 Å². The predicted octanol–water partition coefficient (Wildman–Crippen LogP) is -2.35. The summed E-state index contributed by atoms with van der Waals surface area (Å²) in [5, 5.41) is 0. The molecular formula is C2H4KNS4. The maximum absolute atomic E-state index is 4.71. The van der Waals surface area contributed by atoms with Crippen molar-refractivity contribution in [3.63, 3.8) is 0 Å². The maximum atomic E-state index is 4.71. The molecule has 0 spiro atoms. The second-order valence-corrected chi connectivity index (χ2v) is 2.43. The smallest absolute Gasteiger partial charge is 0.436 e. The van der Waals surface area contributed by atoms with Crippen molar-refractivity contribution in [3.8, 4) is 0 Å². The molecular weight excluding hydrogens is 205 g/mol. The number of nitrogens with two attached hydrogens (primary N) is 1. The molecule has 8 heavy (non-hydrogen) atoms. The van der Waals surface area contributed by atoms with Crippen molar-refractivity contribution >= 4 is 58.7 Å². The van der Waals surface area contributed by atoms with E-state index in [9.17, 15) is 0 Å². The summed E-state index contributed by atoms with van der Waals surface area (Å²) in [6.45, 7) is 0. The van der Waals surface area contributed by atoms with E-state index in [1.807, 2.05) is 0 Å².